The first kappa shape index (κ1) is 22.5. The lowest BCUT2D eigenvalue weighted by molar-refractivity contribution is -0.120. The van der Waals surface area contributed by atoms with Crippen molar-refractivity contribution in [1.82, 2.24) is 4.90 Å². The lowest BCUT2D eigenvalue weighted by atomic mass is 9.95. The maximum absolute atomic E-state index is 12.9. The van der Waals surface area contributed by atoms with Gasteiger partial charge in [-0.25, -0.2) is 4.79 Å². The van der Waals surface area contributed by atoms with Gasteiger partial charge in [-0.2, -0.15) is 8.42 Å². The molecule has 0 radical (unpaired) electrons. The number of rotatable bonds is 4. The highest BCUT2D eigenvalue weighted by Gasteiger charge is 2.34. The molecule has 8 nitrogen and oxygen atoms in total. The lowest BCUT2D eigenvalue weighted by Crippen LogP contribution is -2.41. The Hall–Kier alpha value is -3.24. The monoisotopic (exact) mass is 497 g/mol. The van der Waals surface area contributed by atoms with Gasteiger partial charge in [0, 0.05) is 35.0 Å². The van der Waals surface area contributed by atoms with E-state index in [9.17, 15) is 18.0 Å². The van der Waals surface area contributed by atoms with Crippen molar-refractivity contribution in [2.45, 2.75) is 24.7 Å². The maximum atomic E-state index is 12.9. The predicted octanol–water partition coefficient (Wildman–Crippen LogP) is 3.88. The first-order valence-electron chi connectivity index (χ1n) is 11.1. The average Bonchev–Trinajstić information content (AvgIpc) is 3.38. The number of ether oxygens (including phenoxy) is 1. The average molecular weight is 498 g/mol. The van der Waals surface area contributed by atoms with Gasteiger partial charge >= 0.3 is 5.97 Å². The molecule has 1 amide bonds. The van der Waals surface area contributed by atoms with Gasteiger partial charge in [0.1, 0.15) is 9.77 Å². The quantitative estimate of drug-likeness (QED) is 0.549. The molecule has 0 spiro atoms. The first-order valence-corrected chi connectivity index (χ1v) is 13.3. The van der Waals surface area contributed by atoms with Crippen LogP contribution in [0.5, 0.6) is 0 Å². The van der Waals surface area contributed by atoms with E-state index in [1.165, 1.54) is 11.3 Å². The number of amidine groups is 1. The maximum Gasteiger partial charge on any atom is 0.348 e. The minimum absolute atomic E-state index is 0.0683. The molecular weight excluding hydrogens is 474 g/mol. The van der Waals surface area contributed by atoms with Gasteiger partial charge in [0.25, 0.3) is 10.0 Å². The van der Waals surface area contributed by atoms with Crippen molar-refractivity contribution in [2.75, 3.05) is 25.0 Å². The van der Waals surface area contributed by atoms with Gasteiger partial charge in [-0.3, -0.25) is 4.79 Å². The normalized spacial score (nSPS) is 17.3. The van der Waals surface area contributed by atoms with E-state index in [0.29, 0.717) is 54.5 Å². The fourth-order valence-corrected chi connectivity index (χ4v) is 6.50. The third kappa shape index (κ3) is 4.19. The molecule has 3 aromatic rings. The summed E-state index contributed by atoms with van der Waals surface area (Å²) in [5.74, 6) is -0.127. The van der Waals surface area contributed by atoms with Crippen LogP contribution in [0, 0.1) is 5.92 Å². The van der Waals surface area contributed by atoms with Gasteiger partial charge in [0.05, 0.1) is 6.61 Å². The Morgan fingerprint density at radius 3 is 2.68 bits per heavy atom. The summed E-state index contributed by atoms with van der Waals surface area (Å²) in [5, 5.41) is 3.86. The molecule has 10 heteroatoms. The first-order chi connectivity index (χ1) is 16.4. The largest absolute Gasteiger partial charge is 0.462 e. The molecule has 34 heavy (non-hydrogen) atoms. The van der Waals surface area contributed by atoms with Crippen LogP contribution in [0.25, 0.3) is 10.1 Å². The third-order valence-electron chi connectivity index (χ3n) is 6.04. The number of carbonyl (C=O) groups excluding carboxylic acids is 2. The zero-order valence-corrected chi connectivity index (χ0v) is 20.1. The number of fused-ring (bicyclic) bond motifs is 2. The Kier molecular flexibility index (Phi) is 5.86. The second-order valence-electron chi connectivity index (χ2n) is 8.22. The lowest BCUT2D eigenvalue weighted by Gasteiger charge is -2.32. The highest BCUT2D eigenvalue weighted by atomic mass is 32.2. The van der Waals surface area contributed by atoms with E-state index >= 15 is 0 Å². The molecule has 1 N–H and O–H groups in total. The number of nitrogens with zero attached hydrogens (tertiary/aromatic N) is 2. The molecule has 1 aromatic heterocycles. The minimum atomic E-state index is -3.66. The number of benzene rings is 2. The van der Waals surface area contributed by atoms with Gasteiger partial charge in [0.15, 0.2) is 5.84 Å². The molecule has 0 aliphatic carbocycles. The van der Waals surface area contributed by atoms with E-state index in [0.717, 1.165) is 10.1 Å². The molecule has 3 heterocycles. The molecule has 5 rings (SSSR count). The van der Waals surface area contributed by atoms with E-state index < -0.39 is 10.0 Å². The highest BCUT2D eigenvalue weighted by molar-refractivity contribution is 7.90. The zero-order chi connectivity index (χ0) is 23.9. The van der Waals surface area contributed by atoms with Crippen molar-refractivity contribution in [3.05, 3.63) is 59.0 Å². The van der Waals surface area contributed by atoms with Crippen molar-refractivity contribution >= 4 is 54.8 Å². The molecule has 0 atom stereocenters. The van der Waals surface area contributed by atoms with Crippen molar-refractivity contribution in [1.29, 1.82) is 0 Å². The van der Waals surface area contributed by atoms with Crippen LogP contribution in [-0.2, 0) is 19.6 Å². The predicted molar refractivity (Wildman–Crippen MR) is 131 cm³/mol. The van der Waals surface area contributed by atoms with E-state index in [1.54, 1.807) is 37.3 Å². The Labute approximate surface area is 201 Å². The number of hydrogen-bond donors (Lipinski definition) is 1. The Bertz CT molecular complexity index is 1420. The summed E-state index contributed by atoms with van der Waals surface area (Å²) in [5.41, 5.74) is 1.30. The second kappa shape index (κ2) is 8.84. The smallest absolute Gasteiger partial charge is 0.348 e. The van der Waals surface area contributed by atoms with Gasteiger partial charge in [-0.15, -0.1) is 15.7 Å². The molecule has 0 saturated carbocycles. The summed E-state index contributed by atoms with van der Waals surface area (Å²) >= 11 is 1.36. The summed E-state index contributed by atoms with van der Waals surface area (Å²) in [7, 11) is -3.66. The summed E-state index contributed by atoms with van der Waals surface area (Å²) in [6.07, 6.45) is 1.20. The number of anilines is 1. The molecule has 2 aliphatic heterocycles. The summed E-state index contributed by atoms with van der Waals surface area (Å²) in [4.78, 5) is 27.6. The number of hydrogen-bond acceptors (Lipinski definition) is 7. The SMILES string of the molecule is CCOC(=O)c1cc2cc(NC(=O)C3CCN(C4=NS(=O)(=O)c5ccccc54)CC3)ccc2s1. The van der Waals surface area contributed by atoms with E-state index in [-0.39, 0.29) is 22.7 Å². The molecular formula is C24H23N3O5S2. The van der Waals surface area contributed by atoms with Gasteiger partial charge in [-0.1, -0.05) is 12.1 Å². The van der Waals surface area contributed by atoms with Crippen molar-refractivity contribution in [3.63, 3.8) is 0 Å². The van der Waals surface area contributed by atoms with Gasteiger partial charge < -0.3 is 15.0 Å². The number of piperidine rings is 1. The number of carbonyl (C=O) groups is 2. The topological polar surface area (TPSA) is 105 Å². The van der Waals surface area contributed by atoms with Crippen LogP contribution >= 0.6 is 11.3 Å². The van der Waals surface area contributed by atoms with Crippen LogP contribution in [0.4, 0.5) is 5.69 Å². The number of esters is 1. The van der Waals surface area contributed by atoms with Crippen LogP contribution in [0.1, 0.15) is 35.0 Å². The van der Waals surface area contributed by atoms with Crippen LogP contribution in [0.3, 0.4) is 0 Å². The van der Waals surface area contributed by atoms with E-state index in [4.69, 9.17) is 4.74 Å². The number of nitrogens with one attached hydrogen (secondary N) is 1. The standard InChI is InChI=1S/C24H23N3O5S2/c1-2-32-24(29)20-14-16-13-17(7-8-19(16)33-20)25-23(28)15-9-11-27(12-10-15)22-18-5-3-4-6-21(18)34(30,31)26-22/h3-8,13-15H,2,9-12H2,1H3,(H,25,28). The van der Waals surface area contributed by atoms with Crippen LogP contribution < -0.4 is 5.32 Å². The summed E-state index contributed by atoms with van der Waals surface area (Å²) in [6, 6.07) is 14.2. The van der Waals surface area contributed by atoms with E-state index in [2.05, 4.69) is 9.71 Å². The van der Waals surface area contributed by atoms with Crippen molar-refractivity contribution in [3.8, 4) is 0 Å². The van der Waals surface area contributed by atoms with Gasteiger partial charge in [-0.05, 0) is 61.5 Å². The Balaban J connectivity index is 1.24. The third-order valence-corrected chi connectivity index (χ3v) is 8.46. The molecule has 2 aliphatic rings. The molecule has 176 valence electrons. The summed E-state index contributed by atoms with van der Waals surface area (Å²) < 4.78 is 34.7. The molecule has 0 unspecified atom stereocenters. The number of amides is 1. The number of likely N-dealkylation sites (tertiary alicyclic amines) is 1. The van der Waals surface area contributed by atoms with Gasteiger partial charge in [0.2, 0.25) is 5.91 Å². The van der Waals surface area contributed by atoms with Crippen LogP contribution in [0.15, 0.2) is 57.8 Å². The second-order valence-corrected chi connectivity index (χ2v) is 10.9. The Morgan fingerprint density at radius 2 is 1.91 bits per heavy atom. The van der Waals surface area contributed by atoms with Crippen LogP contribution in [-0.4, -0.2) is 50.7 Å². The highest BCUT2D eigenvalue weighted by Crippen LogP contribution is 2.31. The van der Waals surface area contributed by atoms with Crippen molar-refractivity contribution in [2.24, 2.45) is 10.3 Å². The van der Waals surface area contributed by atoms with E-state index in [1.807, 2.05) is 23.1 Å². The summed E-state index contributed by atoms with van der Waals surface area (Å²) in [6.45, 7) is 3.19. The number of thiophene rings is 1. The van der Waals surface area contributed by atoms with Crippen molar-refractivity contribution < 1.29 is 22.7 Å². The molecule has 0 bridgehead atoms. The Morgan fingerprint density at radius 1 is 1.15 bits per heavy atom. The molecule has 2 aromatic carbocycles. The zero-order valence-electron chi connectivity index (χ0n) is 18.5. The number of sulfonamides is 1. The fourth-order valence-electron chi connectivity index (χ4n) is 4.34. The fraction of sp³-hybridized carbons (Fsp3) is 0.292. The molecule has 1 fully saturated rings. The van der Waals surface area contributed by atoms with Crippen LogP contribution in [0.2, 0.25) is 0 Å². The minimum Gasteiger partial charge on any atom is -0.462 e. The molecule has 1 saturated heterocycles.